The molecule has 0 atom stereocenters. The summed E-state index contributed by atoms with van der Waals surface area (Å²) in [5.41, 5.74) is 1.33. The molecule has 4 heteroatoms. The van der Waals surface area contributed by atoms with Crippen LogP contribution in [-0.2, 0) is 4.74 Å². The molecule has 3 rings (SSSR count). The normalized spacial score (nSPS) is 12.7. The molecule has 1 aromatic carbocycles. The van der Waals surface area contributed by atoms with Gasteiger partial charge in [-0.2, -0.15) is 0 Å². The average Bonchev–Trinajstić information content (AvgIpc) is 2.95. The lowest BCUT2D eigenvalue weighted by Crippen LogP contribution is -2.08. The number of ether oxygens (including phenoxy) is 1. The summed E-state index contributed by atoms with van der Waals surface area (Å²) in [7, 11) is 1.65. The van der Waals surface area contributed by atoms with E-state index in [0.717, 1.165) is 50.8 Å². The predicted octanol–water partition coefficient (Wildman–Crippen LogP) is 5.58. The van der Waals surface area contributed by atoms with E-state index in [1.54, 1.807) is 24.7 Å². The van der Waals surface area contributed by atoms with Crippen molar-refractivity contribution in [3.63, 3.8) is 0 Å². The van der Waals surface area contributed by atoms with Crippen LogP contribution in [0.3, 0.4) is 0 Å². The number of fused-ring (bicyclic) bond motifs is 3. The van der Waals surface area contributed by atoms with Gasteiger partial charge < -0.3 is 9.15 Å². The summed E-state index contributed by atoms with van der Waals surface area (Å²) in [6, 6.07) is 8.16. The number of hydrogen-bond acceptors (Lipinski definition) is 4. The highest BCUT2D eigenvalue weighted by Crippen LogP contribution is 2.38. The molecule has 2 aromatic heterocycles. The van der Waals surface area contributed by atoms with E-state index in [9.17, 15) is 4.79 Å². The summed E-state index contributed by atoms with van der Waals surface area (Å²) in [5.74, 6) is 0.786. The van der Waals surface area contributed by atoms with Crippen molar-refractivity contribution in [1.29, 1.82) is 0 Å². The maximum Gasteiger partial charge on any atom is 0.344 e. The van der Waals surface area contributed by atoms with Crippen molar-refractivity contribution in [3.05, 3.63) is 52.3 Å². The van der Waals surface area contributed by atoms with E-state index in [2.05, 4.69) is 19.1 Å². The largest absolute Gasteiger partial charge is 0.501 e. The summed E-state index contributed by atoms with van der Waals surface area (Å²) in [5, 5.41) is 2.10. The second-order valence-electron chi connectivity index (χ2n) is 5.58. The summed E-state index contributed by atoms with van der Waals surface area (Å²) >= 11 is 1.65. The Morgan fingerprint density at radius 3 is 2.78 bits per heavy atom. The molecule has 0 spiro atoms. The fourth-order valence-electron chi connectivity index (χ4n) is 2.90. The summed E-state index contributed by atoms with van der Waals surface area (Å²) in [6.07, 6.45) is 4.45. The van der Waals surface area contributed by atoms with Gasteiger partial charge in [0.2, 0.25) is 0 Å². The van der Waals surface area contributed by atoms with E-state index in [1.165, 1.54) is 0 Å². The summed E-state index contributed by atoms with van der Waals surface area (Å²) in [4.78, 5) is 12.5. The average molecular weight is 328 g/mol. The molecule has 0 fully saturated rings. The Morgan fingerprint density at radius 1 is 1.26 bits per heavy atom. The molecule has 0 amide bonds. The van der Waals surface area contributed by atoms with Crippen molar-refractivity contribution in [2.45, 2.75) is 33.1 Å². The highest BCUT2D eigenvalue weighted by atomic mass is 32.1. The van der Waals surface area contributed by atoms with Crippen molar-refractivity contribution in [1.82, 2.24) is 0 Å². The molecule has 0 aliphatic rings. The smallest absolute Gasteiger partial charge is 0.344 e. The van der Waals surface area contributed by atoms with Crippen LogP contribution in [0.1, 0.15) is 38.7 Å². The highest BCUT2D eigenvalue weighted by molar-refractivity contribution is 7.25. The van der Waals surface area contributed by atoms with Gasteiger partial charge in [-0.3, -0.25) is 0 Å². The van der Waals surface area contributed by atoms with Crippen LogP contribution in [0.2, 0.25) is 0 Å². The van der Waals surface area contributed by atoms with Gasteiger partial charge in [0.25, 0.3) is 0 Å². The monoisotopic (exact) mass is 328 g/mol. The van der Waals surface area contributed by atoms with E-state index >= 15 is 0 Å². The molecule has 0 aliphatic heterocycles. The number of allylic oxidation sites excluding steroid dienone is 2. The van der Waals surface area contributed by atoms with E-state index < -0.39 is 0 Å². The zero-order valence-corrected chi connectivity index (χ0v) is 14.5. The zero-order chi connectivity index (χ0) is 16.4. The molecule has 0 aliphatic carbocycles. The Hall–Kier alpha value is -2.07. The lowest BCUT2D eigenvalue weighted by molar-refractivity contribution is 0.294. The summed E-state index contributed by atoms with van der Waals surface area (Å²) in [6.45, 7) is 4.06. The van der Waals surface area contributed by atoms with Gasteiger partial charge in [-0.05, 0) is 25.8 Å². The topological polar surface area (TPSA) is 39.4 Å². The van der Waals surface area contributed by atoms with Crippen molar-refractivity contribution in [2.24, 2.45) is 0 Å². The number of thiophene rings is 1. The van der Waals surface area contributed by atoms with Gasteiger partial charge in [-0.15, -0.1) is 11.3 Å². The number of unbranched alkanes of at least 4 members (excludes halogenated alkanes) is 1. The molecule has 0 bridgehead atoms. The van der Waals surface area contributed by atoms with Gasteiger partial charge in [0, 0.05) is 21.0 Å². The third-order valence-corrected chi connectivity index (χ3v) is 5.26. The molecule has 0 saturated carbocycles. The first-order chi connectivity index (χ1) is 11.2. The van der Waals surface area contributed by atoms with Crippen LogP contribution < -0.4 is 5.63 Å². The number of benzene rings is 1. The SMILES string of the molecule is CCCC/C(=C(/C)OC)c1c(=O)occ2sc3ccccc3c12. The van der Waals surface area contributed by atoms with Gasteiger partial charge in [-0.25, -0.2) is 4.79 Å². The Labute approximate surface area is 139 Å². The van der Waals surface area contributed by atoms with Gasteiger partial charge in [0.1, 0.15) is 6.26 Å². The molecule has 0 unspecified atom stereocenters. The van der Waals surface area contributed by atoms with Gasteiger partial charge in [-0.1, -0.05) is 31.5 Å². The molecule has 23 heavy (non-hydrogen) atoms. The van der Waals surface area contributed by atoms with E-state index in [0.29, 0.717) is 5.56 Å². The lowest BCUT2D eigenvalue weighted by Gasteiger charge is -2.11. The van der Waals surface area contributed by atoms with Gasteiger partial charge >= 0.3 is 5.63 Å². The van der Waals surface area contributed by atoms with Crippen LogP contribution in [0.4, 0.5) is 0 Å². The Bertz CT molecular complexity index is 931. The fraction of sp³-hybridized carbons (Fsp3) is 0.316. The second kappa shape index (κ2) is 6.59. The van der Waals surface area contributed by atoms with Crippen LogP contribution in [0.5, 0.6) is 0 Å². The number of hydrogen-bond donors (Lipinski definition) is 0. The minimum atomic E-state index is -0.288. The van der Waals surface area contributed by atoms with Crippen LogP contribution in [0, 0.1) is 0 Å². The lowest BCUT2D eigenvalue weighted by atomic mass is 9.96. The third-order valence-electron chi connectivity index (χ3n) is 4.16. The standard InChI is InChI=1S/C19H20O3S/c1-4-5-8-13(12(2)21-3)18-17-14-9-6-7-10-15(14)23-16(17)11-22-19(18)20/h6-7,9-11H,4-5,8H2,1-3H3/b13-12+. The first-order valence-corrected chi connectivity index (χ1v) is 8.66. The molecule has 2 heterocycles. The highest BCUT2D eigenvalue weighted by Gasteiger charge is 2.19. The van der Waals surface area contributed by atoms with Crippen molar-refractivity contribution < 1.29 is 9.15 Å². The predicted molar refractivity (Wildman–Crippen MR) is 97.0 cm³/mol. The molecule has 3 aromatic rings. The molecule has 0 N–H and O–H groups in total. The number of rotatable bonds is 5. The van der Waals surface area contributed by atoms with Crippen molar-refractivity contribution in [2.75, 3.05) is 7.11 Å². The minimum Gasteiger partial charge on any atom is -0.501 e. The first kappa shape index (κ1) is 15.8. The van der Waals surface area contributed by atoms with Crippen LogP contribution >= 0.6 is 11.3 Å². The van der Waals surface area contributed by atoms with Crippen LogP contribution in [0.25, 0.3) is 25.7 Å². The van der Waals surface area contributed by atoms with E-state index in [-0.39, 0.29) is 5.63 Å². The molecular formula is C19H20O3S. The second-order valence-corrected chi connectivity index (χ2v) is 6.66. The zero-order valence-electron chi connectivity index (χ0n) is 13.6. The van der Waals surface area contributed by atoms with Crippen LogP contribution in [0.15, 0.2) is 45.5 Å². The number of methoxy groups -OCH3 is 1. The van der Waals surface area contributed by atoms with Crippen molar-refractivity contribution in [3.8, 4) is 0 Å². The molecule has 0 saturated heterocycles. The maximum atomic E-state index is 12.5. The van der Waals surface area contributed by atoms with E-state index in [4.69, 9.17) is 9.15 Å². The third kappa shape index (κ3) is 2.79. The Balaban J connectivity index is 2.38. The molecule has 3 nitrogen and oxygen atoms in total. The molecular weight excluding hydrogens is 308 g/mol. The first-order valence-electron chi connectivity index (χ1n) is 7.84. The van der Waals surface area contributed by atoms with Crippen LogP contribution in [-0.4, -0.2) is 7.11 Å². The van der Waals surface area contributed by atoms with E-state index in [1.807, 2.05) is 19.1 Å². The Kier molecular flexibility index (Phi) is 4.53. The van der Waals surface area contributed by atoms with Crippen molar-refractivity contribution >= 4 is 37.1 Å². The molecule has 120 valence electrons. The van der Waals surface area contributed by atoms with Gasteiger partial charge in [0.05, 0.1) is 23.1 Å². The van der Waals surface area contributed by atoms with Gasteiger partial charge in [0.15, 0.2) is 0 Å². The fourth-order valence-corrected chi connectivity index (χ4v) is 3.98. The quantitative estimate of drug-likeness (QED) is 0.574. The minimum absolute atomic E-state index is 0.288. The Morgan fingerprint density at radius 2 is 2.04 bits per heavy atom. The maximum absolute atomic E-state index is 12.5. The summed E-state index contributed by atoms with van der Waals surface area (Å²) < 4.78 is 12.9. The molecule has 0 radical (unpaired) electrons.